The monoisotopic (exact) mass is 544 g/mol. The molecule has 0 unspecified atom stereocenters. The van der Waals surface area contributed by atoms with Crippen LogP contribution >= 0.6 is 11.3 Å². The van der Waals surface area contributed by atoms with Gasteiger partial charge in [-0.3, -0.25) is 4.55 Å². The van der Waals surface area contributed by atoms with Crippen molar-refractivity contribution in [2.75, 3.05) is 12.3 Å². The highest BCUT2D eigenvalue weighted by atomic mass is 32.2. The third kappa shape index (κ3) is 5.39. The van der Waals surface area contributed by atoms with Gasteiger partial charge in [-0.05, 0) is 72.9 Å². The van der Waals surface area contributed by atoms with Crippen LogP contribution in [0.1, 0.15) is 49.6 Å². The van der Waals surface area contributed by atoms with Crippen molar-refractivity contribution in [3.63, 3.8) is 0 Å². The number of benzene rings is 3. The number of thiophene rings is 1. The zero-order valence-corrected chi connectivity index (χ0v) is 23.8. The third-order valence-electron chi connectivity index (χ3n) is 7.47. The standard InChI is InChI=1S/C32H33NO3S2/c1-4-23-11-13-25(14-12-23)29-19-16-26(37-29)17-20-30-32(2,3)31-27-10-6-5-9-24(27)15-18-28(31)33(30)21-7-8-22-38(34,35)36/h5-6,9-20H,4,7-8,21-22H2,1-3H3/p+1/b20-17+. The van der Waals surface area contributed by atoms with Crippen LogP contribution in [0.15, 0.2) is 78.9 Å². The highest BCUT2D eigenvalue weighted by Crippen LogP contribution is 2.44. The maximum atomic E-state index is 11.3. The predicted molar refractivity (Wildman–Crippen MR) is 161 cm³/mol. The molecule has 6 heteroatoms. The first-order valence-corrected chi connectivity index (χ1v) is 15.6. The molecule has 196 valence electrons. The number of hydrogen-bond donors (Lipinski definition) is 1. The maximum absolute atomic E-state index is 11.3. The molecule has 0 amide bonds. The predicted octanol–water partition coefficient (Wildman–Crippen LogP) is 7.89. The number of nitrogens with zero attached hydrogens (tertiary/aromatic N) is 1. The Morgan fingerprint density at radius 2 is 1.68 bits per heavy atom. The lowest BCUT2D eigenvalue weighted by Crippen LogP contribution is -2.28. The molecule has 1 aliphatic rings. The molecule has 4 aromatic rings. The van der Waals surface area contributed by atoms with Gasteiger partial charge in [0.05, 0.1) is 11.2 Å². The molecule has 1 aromatic heterocycles. The van der Waals surface area contributed by atoms with Gasteiger partial charge in [0.15, 0.2) is 5.71 Å². The van der Waals surface area contributed by atoms with E-state index in [1.807, 2.05) is 0 Å². The second kappa shape index (κ2) is 10.6. The molecule has 1 N–H and O–H groups in total. The first kappa shape index (κ1) is 26.5. The molecule has 3 aromatic carbocycles. The summed E-state index contributed by atoms with van der Waals surface area (Å²) in [4.78, 5) is 2.44. The van der Waals surface area contributed by atoms with Crippen LogP contribution in [0, 0.1) is 0 Å². The smallest absolute Gasteiger partial charge is 0.264 e. The van der Waals surface area contributed by atoms with Crippen LogP contribution in [0.3, 0.4) is 0 Å². The molecule has 5 rings (SSSR count). The van der Waals surface area contributed by atoms with E-state index in [4.69, 9.17) is 0 Å². The van der Waals surface area contributed by atoms with Crippen molar-refractivity contribution >= 4 is 49.7 Å². The number of allylic oxidation sites excluding steroid dienone is 1. The van der Waals surface area contributed by atoms with E-state index in [1.54, 1.807) is 11.3 Å². The molecule has 1 aliphatic heterocycles. The van der Waals surface area contributed by atoms with Crippen molar-refractivity contribution in [3.05, 3.63) is 94.9 Å². The third-order valence-corrected chi connectivity index (χ3v) is 9.37. The summed E-state index contributed by atoms with van der Waals surface area (Å²) in [6.07, 6.45) is 6.55. The van der Waals surface area contributed by atoms with Crippen LogP contribution in [0.2, 0.25) is 0 Å². The summed E-state index contributed by atoms with van der Waals surface area (Å²) in [6.45, 7) is 7.39. The number of aryl methyl sites for hydroxylation is 1. The Labute approximate surface area is 229 Å². The molecule has 2 heterocycles. The molecule has 0 bridgehead atoms. The summed E-state index contributed by atoms with van der Waals surface area (Å²) in [6, 6.07) is 26.0. The number of hydrogen-bond acceptors (Lipinski definition) is 3. The van der Waals surface area contributed by atoms with Crippen LogP contribution in [0.5, 0.6) is 0 Å². The van der Waals surface area contributed by atoms with Crippen molar-refractivity contribution < 1.29 is 17.5 Å². The lowest BCUT2D eigenvalue weighted by Gasteiger charge is -2.17. The van der Waals surface area contributed by atoms with Gasteiger partial charge in [-0.25, -0.2) is 0 Å². The lowest BCUT2D eigenvalue weighted by atomic mass is 9.79. The van der Waals surface area contributed by atoms with Crippen molar-refractivity contribution in [3.8, 4) is 10.4 Å². The zero-order chi connectivity index (χ0) is 26.9. The van der Waals surface area contributed by atoms with E-state index in [0.717, 1.165) is 6.42 Å². The highest BCUT2D eigenvalue weighted by molar-refractivity contribution is 7.85. The second-order valence-corrected chi connectivity index (χ2v) is 13.1. The largest absolute Gasteiger partial charge is 0.286 e. The van der Waals surface area contributed by atoms with Gasteiger partial charge in [0.2, 0.25) is 5.69 Å². The van der Waals surface area contributed by atoms with E-state index in [9.17, 15) is 13.0 Å². The lowest BCUT2D eigenvalue weighted by molar-refractivity contribution is -0.438. The summed E-state index contributed by atoms with van der Waals surface area (Å²) < 4.78 is 34.0. The van der Waals surface area contributed by atoms with E-state index in [2.05, 4.69) is 110 Å². The molecule has 0 aliphatic carbocycles. The Balaban J connectivity index is 1.49. The summed E-state index contributed by atoms with van der Waals surface area (Å²) in [5.41, 5.74) is 6.01. The molecule has 38 heavy (non-hydrogen) atoms. The van der Waals surface area contributed by atoms with Gasteiger partial charge in [0, 0.05) is 33.9 Å². The van der Waals surface area contributed by atoms with Crippen LogP contribution < -0.4 is 0 Å². The van der Waals surface area contributed by atoms with Crippen LogP contribution in [0.25, 0.3) is 27.3 Å². The minimum absolute atomic E-state index is 0.211. The van der Waals surface area contributed by atoms with Crippen molar-refractivity contribution in [2.45, 2.75) is 45.4 Å². The summed E-state index contributed by atoms with van der Waals surface area (Å²) in [5.74, 6) is -0.211. The van der Waals surface area contributed by atoms with E-state index >= 15 is 0 Å². The maximum Gasteiger partial charge on any atom is 0.264 e. The van der Waals surface area contributed by atoms with Gasteiger partial charge >= 0.3 is 0 Å². The number of unbranched alkanes of at least 4 members (excludes halogenated alkanes) is 1. The van der Waals surface area contributed by atoms with Gasteiger partial charge in [-0.15, -0.1) is 11.3 Å². The first-order chi connectivity index (χ1) is 18.2. The van der Waals surface area contributed by atoms with Crippen LogP contribution in [-0.4, -0.2) is 35.6 Å². The van der Waals surface area contributed by atoms with Crippen molar-refractivity contribution in [1.29, 1.82) is 0 Å². The van der Waals surface area contributed by atoms with E-state index in [0.29, 0.717) is 19.4 Å². The van der Waals surface area contributed by atoms with Crippen LogP contribution in [0.4, 0.5) is 5.69 Å². The summed E-state index contributed by atoms with van der Waals surface area (Å²) >= 11 is 1.78. The summed E-state index contributed by atoms with van der Waals surface area (Å²) in [7, 11) is -3.95. The Bertz CT molecular complexity index is 1640. The van der Waals surface area contributed by atoms with E-state index < -0.39 is 10.1 Å². The van der Waals surface area contributed by atoms with Gasteiger partial charge < -0.3 is 0 Å². The second-order valence-electron chi connectivity index (χ2n) is 10.4. The fourth-order valence-electron chi connectivity index (χ4n) is 5.49. The topological polar surface area (TPSA) is 57.4 Å². The zero-order valence-electron chi connectivity index (χ0n) is 22.1. The Morgan fingerprint density at radius 1 is 0.921 bits per heavy atom. The molecule has 0 saturated heterocycles. The molecule has 4 nitrogen and oxygen atoms in total. The Hall–Kier alpha value is -3.06. The van der Waals surface area contributed by atoms with Crippen LogP contribution in [-0.2, 0) is 22.0 Å². The highest BCUT2D eigenvalue weighted by Gasteiger charge is 2.45. The minimum atomic E-state index is -3.95. The molecular formula is C32H34NO3S2+. The molecule has 0 fully saturated rings. The van der Waals surface area contributed by atoms with Gasteiger partial charge in [0.25, 0.3) is 10.1 Å². The molecular weight excluding hydrogens is 510 g/mol. The molecule has 0 radical (unpaired) electrons. The Kier molecular flexibility index (Phi) is 7.40. The van der Waals surface area contributed by atoms with Crippen molar-refractivity contribution in [1.82, 2.24) is 0 Å². The van der Waals surface area contributed by atoms with Crippen molar-refractivity contribution in [2.24, 2.45) is 0 Å². The normalized spacial score (nSPS) is 15.1. The number of fused-ring (bicyclic) bond motifs is 3. The Morgan fingerprint density at radius 3 is 2.42 bits per heavy atom. The molecule has 0 atom stereocenters. The minimum Gasteiger partial charge on any atom is -0.286 e. The van der Waals surface area contributed by atoms with Gasteiger partial charge in [0.1, 0.15) is 6.54 Å². The number of rotatable bonds is 9. The first-order valence-electron chi connectivity index (χ1n) is 13.2. The summed E-state index contributed by atoms with van der Waals surface area (Å²) in [5, 5.41) is 2.46. The average Bonchev–Trinajstić information content (AvgIpc) is 3.45. The average molecular weight is 545 g/mol. The molecule has 0 saturated carbocycles. The van der Waals surface area contributed by atoms with Gasteiger partial charge in [-0.2, -0.15) is 13.0 Å². The van der Waals surface area contributed by atoms with E-state index in [1.165, 1.54) is 48.6 Å². The molecule has 0 spiro atoms. The SMILES string of the molecule is CCc1ccc(-c2ccc(/C=C/C3=[N+](CCCCS(=O)(=O)O)c4ccc5ccccc5c4C3(C)C)s2)cc1. The fourth-order valence-corrected chi connectivity index (χ4v) is 6.98. The van der Waals surface area contributed by atoms with Gasteiger partial charge in [-0.1, -0.05) is 55.5 Å². The van der Waals surface area contributed by atoms with E-state index in [-0.39, 0.29) is 11.2 Å². The quantitative estimate of drug-likeness (QED) is 0.132. The fraction of sp³-hybridized carbons (Fsp3) is 0.281.